The summed E-state index contributed by atoms with van der Waals surface area (Å²) in [6.07, 6.45) is 3.82. The lowest BCUT2D eigenvalue weighted by molar-refractivity contribution is -0.138. The van der Waals surface area contributed by atoms with Crippen LogP contribution in [0, 0.1) is 5.41 Å². The molecule has 0 heterocycles. The Morgan fingerprint density at radius 3 is 2.30 bits per heavy atom. The summed E-state index contributed by atoms with van der Waals surface area (Å²) < 4.78 is 26.4. The van der Waals surface area contributed by atoms with E-state index in [1.807, 2.05) is 13.0 Å². The second-order valence-corrected chi connectivity index (χ2v) is 10.3. The molecule has 2 N–H and O–H groups in total. The Labute approximate surface area is 180 Å². The van der Waals surface area contributed by atoms with Gasteiger partial charge in [0.2, 0.25) is 15.9 Å². The molecule has 0 aromatic heterocycles. The van der Waals surface area contributed by atoms with E-state index in [4.69, 9.17) is 0 Å². The van der Waals surface area contributed by atoms with Gasteiger partial charge in [0.1, 0.15) is 0 Å². The SMILES string of the molecule is CCNC(=NCc1ccccc1S(=O)(=O)N(C)C)NCC1(C(=O)N(C)C)CCCC1. The largest absolute Gasteiger partial charge is 0.357 e. The average molecular weight is 438 g/mol. The minimum Gasteiger partial charge on any atom is -0.357 e. The number of hydrogen-bond donors (Lipinski definition) is 2. The number of benzene rings is 1. The highest BCUT2D eigenvalue weighted by Crippen LogP contribution is 2.38. The number of sulfonamides is 1. The predicted molar refractivity (Wildman–Crippen MR) is 120 cm³/mol. The highest BCUT2D eigenvalue weighted by Gasteiger charge is 2.42. The number of aliphatic imine (C=N–C) groups is 1. The first kappa shape index (κ1) is 24.1. The number of hydrogen-bond acceptors (Lipinski definition) is 4. The van der Waals surface area contributed by atoms with Crippen molar-refractivity contribution in [2.75, 3.05) is 41.3 Å². The molecule has 1 aliphatic rings. The van der Waals surface area contributed by atoms with E-state index < -0.39 is 15.4 Å². The molecule has 9 heteroatoms. The summed E-state index contributed by atoms with van der Waals surface area (Å²) in [5, 5.41) is 6.52. The van der Waals surface area contributed by atoms with Gasteiger partial charge in [-0.25, -0.2) is 17.7 Å². The van der Waals surface area contributed by atoms with Crippen molar-refractivity contribution in [3.05, 3.63) is 29.8 Å². The van der Waals surface area contributed by atoms with E-state index in [1.165, 1.54) is 18.4 Å². The summed E-state index contributed by atoms with van der Waals surface area (Å²) in [5.41, 5.74) is 0.217. The van der Waals surface area contributed by atoms with Gasteiger partial charge in [-0.3, -0.25) is 4.79 Å². The molecule has 8 nitrogen and oxygen atoms in total. The van der Waals surface area contributed by atoms with E-state index in [1.54, 1.807) is 37.2 Å². The molecule has 30 heavy (non-hydrogen) atoms. The smallest absolute Gasteiger partial charge is 0.242 e. The van der Waals surface area contributed by atoms with Gasteiger partial charge in [0.25, 0.3) is 0 Å². The maximum absolute atomic E-state index is 12.8. The van der Waals surface area contributed by atoms with Crippen LogP contribution in [-0.2, 0) is 21.4 Å². The molecule has 1 aromatic rings. The highest BCUT2D eigenvalue weighted by atomic mass is 32.2. The topological polar surface area (TPSA) is 94.1 Å². The van der Waals surface area contributed by atoms with Crippen LogP contribution in [-0.4, -0.2) is 70.8 Å². The molecular weight excluding hydrogens is 402 g/mol. The minimum absolute atomic E-state index is 0.144. The fraction of sp³-hybridized carbons (Fsp3) is 0.619. The summed E-state index contributed by atoms with van der Waals surface area (Å²) in [6, 6.07) is 6.90. The molecule has 0 atom stereocenters. The third kappa shape index (κ3) is 5.51. The molecule has 0 unspecified atom stereocenters. The quantitative estimate of drug-likeness (QED) is 0.476. The second-order valence-electron chi connectivity index (χ2n) is 8.13. The predicted octanol–water partition coefficient (Wildman–Crippen LogP) is 1.64. The average Bonchev–Trinajstić information content (AvgIpc) is 3.19. The number of guanidine groups is 1. The molecule has 0 bridgehead atoms. The van der Waals surface area contributed by atoms with Crippen LogP contribution >= 0.6 is 0 Å². The molecule has 1 amide bonds. The van der Waals surface area contributed by atoms with E-state index in [0.717, 1.165) is 25.7 Å². The van der Waals surface area contributed by atoms with Crippen LogP contribution in [0.4, 0.5) is 0 Å². The molecule has 1 fully saturated rings. The van der Waals surface area contributed by atoms with Crippen LogP contribution in [0.1, 0.15) is 38.2 Å². The molecule has 168 valence electrons. The number of amides is 1. The van der Waals surface area contributed by atoms with Crippen molar-refractivity contribution >= 4 is 21.9 Å². The molecule has 0 radical (unpaired) electrons. The van der Waals surface area contributed by atoms with Gasteiger partial charge in [-0.2, -0.15) is 0 Å². The lowest BCUT2D eigenvalue weighted by atomic mass is 9.84. The van der Waals surface area contributed by atoms with Crippen LogP contribution in [0.3, 0.4) is 0 Å². The fourth-order valence-electron chi connectivity index (χ4n) is 3.83. The first-order valence-corrected chi connectivity index (χ1v) is 11.8. The van der Waals surface area contributed by atoms with E-state index >= 15 is 0 Å². The van der Waals surface area contributed by atoms with Gasteiger partial charge in [0, 0.05) is 41.3 Å². The van der Waals surface area contributed by atoms with E-state index in [-0.39, 0.29) is 17.3 Å². The van der Waals surface area contributed by atoms with Crippen LogP contribution < -0.4 is 10.6 Å². The van der Waals surface area contributed by atoms with Crippen molar-refractivity contribution in [2.24, 2.45) is 10.4 Å². The van der Waals surface area contributed by atoms with Gasteiger partial charge < -0.3 is 15.5 Å². The standard InChI is InChI=1S/C21H35N5O3S/c1-6-22-20(24-16-21(13-9-10-14-21)19(27)25(2)3)23-15-17-11-7-8-12-18(17)30(28,29)26(4)5/h7-8,11-12H,6,9-10,13-16H2,1-5H3,(H2,22,23,24). The Kier molecular flexibility index (Phi) is 8.25. The number of nitrogens with one attached hydrogen (secondary N) is 2. The first-order valence-electron chi connectivity index (χ1n) is 10.4. The van der Waals surface area contributed by atoms with Gasteiger partial charge in [-0.05, 0) is 31.4 Å². The first-order chi connectivity index (χ1) is 14.1. The van der Waals surface area contributed by atoms with Crippen molar-refractivity contribution in [1.82, 2.24) is 19.8 Å². The second kappa shape index (κ2) is 10.3. The van der Waals surface area contributed by atoms with E-state index in [2.05, 4.69) is 15.6 Å². The Bertz CT molecular complexity index is 859. The zero-order chi connectivity index (χ0) is 22.4. The lowest BCUT2D eigenvalue weighted by Gasteiger charge is -2.31. The molecule has 0 aliphatic heterocycles. The monoisotopic (exact) mass is 437 g/mol. The Morgan fingerprint density at radius 1 is 1.10 bits per heavy atom. The number of nitrogens with zero attached hydrogens (tertiary/aromatic N) is 3. The van der Waals surface area contributed by atoms with Gasteiger partial charge in [0.15, 0.2) is 5.96 Å². The van der Waals surface area contributed by atoms with Crippen molar-refractivity contribution < 1.29 is 13.2 Å². The summed E-state index contributed by atoms with van der Waals surface area (Å²) in [5.74, 6) is 0.721. The van der Waals surface area contributed by atoms with Crippen molar-refractivity contribution in [2.45, 2.75) is 44.0 Å². The number of rotatable bonds is 8. The molecular formula is C21H35N5O3S. The van der Waals surface area contributed by atoms with Crippen molar-refractivity contribution in [3.63, 3.8) is 0 Å². The molecule has 1 saturated carbocycles. The molecule has 0 spiro atoms. The van der Waals surface area contributed by atoms with E-state index in [9.17, 15) is 13.2 Å². The minimum atomic E-state index is -3.55. The molecule has 0 saturated heterocycles. The number of carbonyl (C=O) groups is 1. The van der Waals surface area contributed by atoms with Gasteiger partial charge in [-0.1, -0.05) is 31.0 Å². The van der Waals surface area contributed by atoms with Gasteiger partial charge in [-0.15, -0.1) is 0 Å². The van der Waals surface area contributed by atoms with Crippen molar-refractivity contribution in [3.8, 4) is 0 Å². The van der Waals surface area contributed by atoms with Gasteiger partial charge in [0.05, 0.1) is 16.9 Å². The van der Waals surface area contributed by atoms with Crippen LogP contribution in [0.5, 0.6) is 0 Å². The number of carbonyl (C=O) groups excluding carboxylic acids is 1. The Hall–Kier alpha value is -2.13. The molecule has 2 rings (SSSR count). The molecule has 1 aromatic carbocycles. The lowest BCUT2D eigenvalue weighted by Crippen LogP contribution is -2.49. The summed E-state index contributed by atoms with van der Waals surface area (Å²) >= 11 is 0. The zero-order valence-electron chi connectivity index (χ0n) is 18.7. The van der Waals surface area contributed by atoms with Crippen LogP contribution in [0.2, 0.25) is 0 Å². The van der Waals surface area contributed by atoms with E-state index in [0.29, 0.717) is 24.6 Å². The Morgan fingerprint density at radius 2 is 1.73 bits per heavy atom. The van der Waals surface area contributed by atoms with Crippen LogP contribution in [0.25, 0.3) is 0 Å². The third-order valence-electron chi connectivity index (χ3n) is 5.50. The third-order valence-corrected chi connectivity index (χ3v) is 7.41. The molecule has 1 aliphatic carbocycles. The summed E-state index contributed by atoms with van der Waals surface area (Å²) in [7, 11) is 3.08. The fourth-order valence-corrected chi connectivity index (χ4v) is 4.94. The van der Waals surface area contributed by atoms with Crippen molar-refractivity contribution in [1.29, 1.82) is 0 Å². The normalized spacial score (nSPS) is 16.5. The summed E-state index contributed by atoms with van der Waals surface area (Å²) in [4.78, 5) is 19.3. The Balaban J connectivity index is 2.21. The maximum Gasteiger partial charge on any atom is 0.242 e. The van der Waals surface area contributed by atoms with Crippen LogP contribution in [0.15, 0.2) is 34.2 Å². The summed E-state index contributed by atoms with van der Waals surface area (Å²) in [6.45, 7) is 3.36. The van der Waals surface area contributed by atoms with Gasteiger partial charge >= 0.3 is 0 Å². The maximum atomic E-state index is 12.8. The zero-order valence-corrected chi connectivity index (χ0v) is 19.6. The highest BCUT2D eigenvalue weighted by molar-refractivity contribution is 7.89.